The van der Waals surface area contributed by atoms with E-state index >= 15 is 0 Å². The first-order valence-corrected chi connectivity index (χ1v) is 8.32. The molecule has 1 N–H and O–H groups in total. The minimum Gasteiger partial charge on any atom is -0.457 e. The van der Waals surface area contributed by atoms with Gasteiger partial charge in [0, 0.05) is 12.1 Å². The van der Waals surface area contributed by atoms with Gasteiger partial charge in [-0.1, -0.05) is 30.3 Å². The Morgan fingerprint density at radius 3 is 2.68 bits per heavy atom. The number of ether oxygens (including phenoxy) is 1. The predicted octanol–water partition coefficient (Wildman–Crippen LogP) is 2.73. The smallest absolute Gasteiger partial charge is 0.225 e. The van der Waals surface area contributed by atoms with E-state index < -0.39 is 15.8 Å². The van der Waals surface area contributed by atoms with Crippen molar-refractivity contribution in [3.8, 4) is 17.6 Å². The molecule has 0 amide bonds. The molecule has 2 rings (SSSR count). The molecule has 0 bridgehead atoms. The van der Waals surface area contributed by atoms with Crippen LogP contribution in [0.4, 0.5) is 0 Å². The Balaban J connectivity index is 2.15. The third kappa shape index (κ3) is 4.58. The van der Waals surface area contributed by atoms with E-state index in [0.29, 0.717) is 17.1 Å². The van der Waals surface area contributed by atoms with Crippen LogP contribution in [0, 0.1) is 18.3 Å². The Kier molecular flexibility index (Phi) is 5.15. The van der Waals surface area contributed by atoms with Gasteiger partial charge in [0.15, 0.2) is 5.75 Å². The monoisotopic (exact) mass is 316 g/mol. The fourth-order valence-electron chi connectivity index (χ4n) is 1.88. The summed E-state index contributed by atoms with van der Waals surface area (Å²) >= 11 is 0. The summed E-state index contributed by atoms with van der Waals surface area (Å²) in [5, 5.41) is 8.48. The molecule has 0 aliphatic rings. The van der Waals surface area contributed by atoms with Crippen molar-refractivity contribution in [2.75, 3.05) is 5.75 Å². The van der Waals surface area contributed by atoms with Gasteiger partial charge in [-0.2, -0.15) is 5.26 Å². The quantitative estimate of drug-likeness (QED) is 0.888. The second kappa shape index (κ2) is 7.07. The minimum absolute atomic E-state index is 0.0754. The van der Waals surface area contributed by atoms with Crippen molar-refractivity contribution in [3.05, 3.63) is 59.7 Å². The van der Waals surface area contributed by atoms with Crippen molar-refractivity contribution in [1.29, 1.82) is 5.26 Å². The van der Waals surface area contributed by atoms with Gasteiger partial charge < -0.3 is 4.74 Å². The Morgan fingerprint density at radius 2 is 1.95 bits per heavy atom. The third-order valence-corrected chi connectivity index (χ3v) is 4.02. The van der Waals surface area contributed by atoms with E-state index in [1.54, 1.807) is 24.3 Å². The normalized spacial score (nSPS) is 10.9. The van der Waals surface area contributed by atoms with Crippen molar-refractivity contribution in [1.82, 2.24) is 4.72 Å². The summed E-state index contributed by atoms with van der Waals surface area (Å²) in [6.45, 7) is 2.04. The first-order valence-electron chi connectivity index (χ1n) is 6.67. The lowest BCUT2D eigenvalue weighted by atomic mass is 10.2. The molecule has 6 heteroatoms. The largest absolute Gasteiger partial charge is 0.457 e. The highest BCUT2D eigenvalue weighted by atomic mass is 32.2. The predicted molar refractivity (Wildman–Crippen MR) is 83.9 cm³/mol. The van der Waals surface area contributed by atoms with Gasteiger partial charge in [-0.05, 0) is 30.7 Å². The lowest BCUT2D eigenvalue weighted by Crippen LogP contribution is -2.25. The fourth-order valence-corrected chi connectivity index (χ4v) is 2.53. The van der Waals surface area contributed by atoms with Crippen LogP contribution in [-0.4, -0.2) is 14.2 Å². The van der Waals surface area contributed by atoms with Gasteiger partial charge in [0.2, 0.25) is 10.0 Å². The minimum atomic E-state index is -3.59. The standard InChI is InChI=1S/C16H16N2O3S/c1-13-5-4-7-15(11-13)21-16-8-3-2-6-14(16)12-18-22(19,20)10-9-17/h2-8,11,18H,10,12H2,1H3. The molecule has 0 unspecified atom stereocenters. The fraction of sp³-hybridized carbons (Fsp3) is 0.188. The van der Waals surface area contributed by atoms with Crippen LogP contribution in [0.2, 0.25) is 0 Å². The Morgan fingerprint density at radius 1 is 1.18 bits per heavy atom. The van der Waals surface area contributed by atoms with Gasteiger partial charge in [-0.15, -0.1) is 0 Å². The summed E-state index contributed by atoms with van der Waals surface area (Å²) in [6.07, 6.45) is 0. The Labute approximate surface area is 130 Å². The molecule has 2 aromatic rings. The maximum absolute atomic E-state index is 11.5. The number of aryl methyl sites for hydroxylation is 1. The second-order valence-electron chi connectivity index (χ2n) is 4.76. The zero-order chi connectivity index (χ0) is 16.0. The van der Waals surface area contributed by atoms with E-state index in [2.05, 4.69) is 4.72 Å². The summed E-state index contributed by atoms with van der Waals surface area (Å²) in [5.41, 5.74) is 1.77. The van der Waals surface area contributed by atoms with Gasteiger partial charge in [0.05, 0.1) is 6.07 Å². The van der Waals surface area contributed by atoms with E-state index in [4.69, 9.17) is 10.00 Å². The second-order valence-corrected chi connectivity index (χ2v) is 6.57. The van der Waals surface area contributed by atoms with E-state index in [1.165, 1.54) is 0 Å². The van der Waals surface area contributed by atoms with Crippen LogP contribution in [-0.2, 0) is 16.6 Å². The van der Waals surface area contributed by atoms with E-state index in [1.807, 2.05) is 37.3 Å². The maximum atomic E-state index is 11.5. The van der Waals surface area contributed by atoms with Gasteiger partial charge >= 0.3 is 0 Å². The van der Waals surface area contributed by atoms with Crippen LogP contribution in [0.3, 0.4) is 0 Å². The van der Waals surface area contributed by atoms with Crippen molar-refractivity contribution in [3.63, 3.8) is 0 Å². The molecule has 0 atom stereocenters. The molecule has 5 nitrogen and oxygen atoms in total. The average molecular weight is 316 g/mol. The lowest BCUT2D eigenvalue weighted by Gasteiger charge is -2.12. The maximum Gasteiger partial charge on any atom is 0.225 e. The molecule has 0 radical (unpaired) electrons. The SMILES string of the molecule is Cc1cccc(Oc2ccccc2CNS(=O)(=O)CC#N)c1. The van der Waals surface area contributed by atoms with Gasteiger partial charge in [0.1, 0.15) is 11.5 Å². The molecule has 0 saturated carbocycles. The van der Waals surface area contributed by atoms with Crippen molar-refractivity contribution in [2.45, 2.75) is 13.5 Å². The number of benzene rings is 2. The molecule has 0 aromatic heterocycles. The number of rotatable bonds is 6. The van der Waals surface area contributed by atoms with Crippen LogP contribution in [0.25, 0.3) is 0 Å². The molecular formula is C16H16N2O3S. The third-order valence-electron chi connectivity index (χ3n) is 2.93. The van der Waals surface area contributed by atoms with Crippen LogP contribution >= 0.6 is 0 Å². The molecule has 0 heterocycles. The summed E-state index contributed by atoms with van der Waals surface area (Å²) in [7, 11) is -3.59. The zero-order valence-corrected chi connectivity index (χ0v) is 12.9. The lowest BCUT2D eigenvalue weighted by molar-refractivity contribution is 0.475. The van der Waals surface area contributed by atoms with Crippen LogP contribution in [0.15, 0.2) is 48.5 Å². The van der Waals surface area contributed by atoms with Crippen LogP contribution < -0.4 is 9.46 Å². The molecule has 22 heavy (non-hydrogen) atoms. The van der Waals surface area contributed by atoms with Crippen molar-refractivity contribution < 1.29 is 13.2 Å². The molecule has 0 aliphatic heterocycles. The molecule has 2 aromatic carbocycles. The number of para-hydroxylation sites is 1. The van der Waals surface area contributed by atoms with Crippen molar-refractivity contribution >= 4 is 10.0 Å². The van der Waals surface area contributed by atoms with Gasteiger partial charge in [-0.3, -0.25) is 0 Å². The zero-order valence-electron chi connectivity index (χ0n) is 12.1. The van der Waals surface area contributed by atoms with E-state index in [0.717, 1.165) is 5.56 Å². The first kappa shape index (κ1) is 16.0. The highest BCUT2D eigenvalue weighted by molar-refractivity contribution is 7.89. The number of hydrogen-bond acceptors (Lipinski definition) is 4. The summed E-state index contributed by atoms with van der Waals surface area (Å²) < 4.78 is 31.3. The Hall–Kier alpha value is -2.36. The van der Waals surface area contributed by atoms with E-state index in [9.17, 15) is 8.42 Å². The molecule has 0 saturated heterocycles. The summed E-state index contributed by atoms with van der Waals surface area (Å²) in [6, 6.07) is 16.4. The number of nitrogens with one attached hydrogen (secondary N) is 1. The van der Waals surface area contributed by atoms with Gasteiger partial charge in [-0.25, -0.2) is 13.1 Å². The van der Waals surface area contributed by atoms with Crippen LogP contribution in [0.5, 0.6) is 11.5 Å². The van der Waals surface area contributed by atoms with Crippen LogP contribution in [0.1, 0.15) is 11.1 Å². The summed E-state index contributed by atoms with van der Waals surface area (Å²) in [4.78, 5) is 0. The number of hydrogen-bond donors (Lipinski definition) is 1. The number of nitriles is 1. The van der Waals surface area contributed by atoms with Crippen molar-refractivity contribution in [2.24, 2.45) is 0 Å². The topological polar surface area (TPSA) is 79.2 Å². The first-order chi connectivity index (χ1) is 10.5. The number of nitrogens with zero attached hydrogens (tertiary/aromatic N) is 1. The Bertz CT molecular complexity index is 795. The summed E-state index contributed by atoms with van der Waals surface area (Å²) in [5.74, 6) is 0.702. The molecule has 0 spiro atoms. The van der Waals surface area contributed by atoms with Gasteiger partial charge in [0.25, 0.3) is 0 Å². The average Bonchev–Trinajstić information content (AvgIpc) is 2.46. The number of sulfonamides is 1. The molecule has 0 aliphatic carbocycles. The molecule has 114 valence electrons. The molecule has 0 fully saturated rings. The highest BCUT2D eigenvalue weighted by Gasteiger charge is 2.11. The molecular weight excluding hydrogens is 300 g/mol. The van der Waals surface area contributed by atoms with E-state index in [-0.39, 0.29) is 6.54 Å². The highest BCUT2D eigenvalue weighted by Crippen LogP contribution is 2.25.